The molecule has 1 aromatic carbocycles. The summed E-state index contributed by atoms with van der Waals surface area (Å²) in [6, 6.07) is 9.85. The number of piperidine rings is 1. The third-order valence-corrected chi connectivity index (χ3v) is 7.48. The summed E-state index contributed by atoms with van der Waals surface area (Å²) < 4.78 is 5.24. The normalized spacial score (nSPS) is 26.4. The van der Waals surface area contributed by atoms with Crippen molar-refractivity contribution in [1.82, 2.24) is 10.1 Å². The highest BCUT2D eigenvalue weighted by Gasteiger charge is 2.43. The number of thioether (sulfide) groups is 1. The van der Waals surface area contributed by atoms with Crippen LogP contribution in [0.5, 0.6) is 0 Å². The summed E-state index contributed by atoms with van der Waals surface area (Å²) in [4.78, 5) is 2.41. The minimum Gasteiger partial charge on any atom is -0.377 e. The third-order valence-electron chi connectivity index (χ3n) is 6.46. The van der Waals surface area contributed by atoms with E-state index in [1.165, 1.54) is 42.4 Å². The number of aliphatic hydroxyl groups is 1. The zero-order valence-corrected chi connectivity index (χ0v) is 17.3. The van der Waals surface area contributed by atoms with Crippen LogP contribution in [0.2, 0.25) is 0 Å². The Kier molecular flexibility index (Phi) is 5.62. The van der Waals surface area contributed by atoms with Crippen LogP contribution in [0.1, 0.15) is 59.7 Å². The van der Waals surface area contributed by atoms with E-state index >= 15 is 0 Å². The van der Waals surface area contributed by atoms with Crippen LogP contribution in [-0.2, 0) is 5.75 Å². The Hall–Kier alpha value is -1.30. The van der Waals surface area contributed by atoms with Gasteiger partial charge in [0.2, 0.25) is 0 Å². The number of aromatic nitrogens is 1. The van der Waals surface area contributed by atoms with Crippen LogP contribution in [0.15, 0.2) is 28.8 Å². The zero-order valence-electron chi connectivity index (χ0n) is 16.5. The van der Waals surface area contributed by atoms with Gasteiger partial charge < -0.3 is 9.63 Å². The van der Waals surface area contributed by atoms with E-state index in [4.69, 9.17) is 4.52 Å². The number of rotatable bonds is 6. The summed E-state index contributed by atoms with van der Waals surface area (Å²) >= 11 is 1.78. The predicted octanol–water partition coefficient (Wildman–Crippen LogP) is 4.56. The molecule has 2 bridgehead atoms. The second-order valence-electron chi connectivity index (χ2n) is 8.16. The lowest BCUT2D eigenvalue weighted by molar-refractivity contribution is -0.0350. The number of aryl methyl sites for hydroxylation is 3. The van der Waals surface area contributed by atoms with Crippen LogP contribution in [0, 0.1) is 20.8 Å². The Morgan fingerprint density at radius 3 is 2.52 bits per heavy atom. The zero-order chi connectivity index (χ0) is 19.0. The van der Waals surface area contributed by atoms with Crippen molar-refractivity contribution in [1.29, 1.82) is 0 Å². The number of benzene rings is 1. The van der Waals surface area contributed by atoms with Crippen LogP contribution in [0.25, 0.3) is 0 Å². The molecule has 4 rings (SSSR count). The van der Waals surface area contributed by atoms with E-state index in [2.05, 4.69) is 41.2 Å². The Morgan fingerprint density at radius 1 is 1.19 bits per heavy atom. The molecule has 1 N–H and O–H groups in total. The van der Waals surface area contributed by atoms with Gasteiger partial charge in [0.15, 0.2) is 0 Å². The number of hydrogen-bond acceptors (Lipinski definition) is 5. The summed E-state index contributed by atoms with van der Waals surface area (Å²) in [5, 5.41) is 14.9. The van der Waals surface area contributed by atoms with Gasteiger partial charge in [-0.2, -0.15) is 11.8 Å². The lowest BCUT2D eigenvalue weighted by Gasteiger charge is -2.42. The van der Waals surface area contributed by atoms with Gasteiger partial charge in [0, 0.05) is 29.2 Å². The molecule has 3 atom stereocenters. The molecule has 0 spiro atoms. The van der Waals surface area contributed by atoms with E-state index in [1.807, 2.05) is 13.8 Å². The molecule has 0 saturated carbocycles. The van der Waals surface area contributed by atoms with E-state index in [0.717, 1.165) is 23.0 Å². The molecule has 2 aliphatic heterocycles. The maximum Gasteiger partial charge on any atom is 0.137 e. The van der Waals surface area contributed by atoms with Gasteiger partial charge in [-0.15, -0.1) is 0 Å². The molecular formula is C22H30N2O2S. The maximum atomic E-state index is 10.9. The molecule has 2 saturated heterocycles. The van der Waals surface area contributed by atoms with Crippen molar-refractivity contribution in [2.45, 2.75) is 76.4 Å². The van der Waals surface area contributed by atoms with Gasteiger partial charge in [-0.3, -0.25) is 4.90 Å². The van der Waals surface area contributed by atoms with Gasteiger partial charge in [-0.1, -0.05) is 29.4 Å². The van der Waals surface area contributed by atoms with Gasteiger partial charge in [0.05, 0.1) is 5.69 Å². The Balaban J connectivity index is 1.36. The van der Waals surface area contributed by atoms with Gasteiger partial charge in [-0.05, 0) is 63.5 Å². The van der Waals surface area contributed by atoms with Crippen LogP contribution in [0.3, 0.4) is 0 Å². The fraction of sp³-hybridized carbons (Fsp3) is 0.591. The highest BCUT2D eigenvalue weighted by molar-refractivity contribution is 7.98. The third kappa shape index (κ3) is 3.82. The SMILES string of the molecule is Cc1ccccc1C1CC2CCC(C1)N2C(O)CSCc1c(C)noc1C. The maximum absolute atomic E-state index is 10.9. The molecule has 0 amide bonds. The summed E-state index contributed by atoms with van der Waals surface area (Å²) in [7, 11) is 0. The number of aliphatic hydroxyl groups excluding tert-OH is 1. The standard InChI is InChI=1S/C22H30N2O2S/c1-14-6-4-5-7-20(14)17-10-18-8-9-19(11-17)24(18)22(25)13-27-12-21-15(2)23-26-16(21)3/h4-7,17-19,22,25H,8-13H2,1-3H3. The summed E-state index contributed by atoms with van der Waals surface area (Å²) in [5.74, 6) is 3.13. The molecule has 4 nitrogen and oxygen atoms in total. The lowest BCUT2D eigenvalue weighted by atomic mass is 9.83. The van der Waals surface area contributed by atoms with Crippen molar-refractivity contribution in [3.05, 3.63) is 52.4 Å². The van der Waals surface area contributed by atoms with Crippen LogP contribution >= 0.6 is 11.8 Å². The fourth-order valence-corrected chi connectivity index (χ4v) is 6.18. The minimum atomic E-state index is -0.356. The van der Waals surface area contributed by atoms with Crippen molar-refractivity contribution in [3.63, 3.8) is 0 Å². The van der Waals surface area contributed by atoms with Crippen molar-refractivity contribution < 1.29 is 9.63 Å². The molecule has 5 heteroatoms. The molecule has 0 aliphatic carbocycles. The van der Waals surface area contributed by atoms with Crippen LogP contribution in [-0.4, -0.2) is 39.2 Å². The first kappa shape index (κ1) is 19.0. The second kappa shape index (κ2) is 7.98. The molecule has 2 aliphatic rings. The van der Waals surface area contributed by atoms with E-state index in [1.54, 1.807) is 11.8 Å². The topological polar surface area (TPSA) is 49.5 Å². The van der Waals surface area contributed by atoms with Crippen LogP contribution in [0.4, 0.5) is 0 Å². The molecule has 1 aromatic heterocycles. The highest BCUT2D eigenvalue weighted by Crippen LogP contribution is 2.44. The first-order valence-electron chi connectivity index (χ1n) is 10.0. The molecule has 2 aromatic rings. The molecule has 3 heterocycles. The van der Waals surface area contributed by atoms with Crippen molar-refractivity contribution >= 4 is 11.8 Å². The Labute approximate surface area is 166 Å². The molecule has 0 radical (unpaired) electrons. The molecule has 2 fully saturated rings. The second-order valence-corrected chi connectivity index (χ2v) is 9.19. The summed E-state index contributed by atoms with van der Waals surface area (Å²) in [6.45, 7) is 6.17. The van der Waals surface area contributed by atoms with Crippen LogP contribution < -0.4 is 0 Å². The number of nitrogens with zero attached hydrogens (tertiary/aromatic N) is 2. The predicted molar refractivity (Wildman–Crippen MR) is 110 cm³/mol. The van der Waals surface area contributed by atoms with Gasteiger partial charge >= 0.3 is 0 Å². The van der Waals surface area contributed by atoms with E-state index in [9.17, 15) is 5.11 Å². The molecule has 146 valence electrons. The molecule has 3 unspecified atom stereocenters. The number of fused-ring (bicyclic) bond motifs is 2. The minimum absolute atomic E-state index is 0.356. The average Bonchev–Trinajstić information content (AvgIpc) is 3.11. The summed E-state index contributed by atoms with van der Waals surface area (Å²) in [6.07, 6.45) is 4.43. The molecular weight excluding hydrogens is 356 g/mol. The van der Waals surface area contributed by atoms with Crippen molar-refractivity contribution in [2.24, 2.45) is 0 Å². The summed E-state index contributed by atoms with van der Waals surface area (Å²) in [5.41, 5.74) is 5.06. The monoisotopic (exact) mass is 386 g/mol. The van der Waals surface area contributed by atoms with Crippen molar-refractivity contribution in [3.8, 4) is 0 Å². The molecule has 27 heavy (non-hydrogen) atoms. The smallest absolute Gasteiger partial charge is 0.137 e. The average molecular weight is 387 g/mol. The quantitative estimate of drug-likeness (QED) is 0.788. The van der Waals surface area contributed by atoms with Gasteiger partial charge in [-0.25, -0.2) is 0 Å². The lowest BCUT2D eigenvalue weighted by Crippen LogP contribution is -2.49. The van der Waals surface area contributed by atoms with E-state index in [0.29, 0.717) is 18.0 Å². The van der Waals surface area contributed by atoms with E-state index in [-0.39, 0.29) is 6.23 Å². The van der Waals surface area contributed by atoms with Crippen molar-refractivity contribution in [2.75, 3.05) is 5.75 Å². The number of hydrogen-bond donors (Lipinski definition) is 1. The first-order chi connectivity index (χ1) is 13.0. The Bertz CT molecular complexity index is 757. The van der Waals surface area contributed by atoms with Gasteiger partial charge in [0.25, 0.3) is 0 Å². The first-order valence-corrected chi connectivity index (χ1v) is 11.2. The van der Waals surface area contributed by atoms with Gasteiger partial charge in [0.1, 0.15) is 12.0 Å². The largest absolute Gasteiger partial charge is 0.377 e. The highest BCUT2D eigenvalue weighted by atomic mass is 32.2. The van der Waals surface area contributed by atoms with E-state index < -0.39 is 0 Å². The Morgan fingerprint density at radius 2 is 1.89 bits per heavy atom. The fourth-order valence-electron chi connectivity index (χ4n) is 5.06.